The topological polar surface area (TPSA) is 35.2 Å². The first-order chi connectivity index (χ1) is 7.18. The van der Waals surface area contributed by atoms with Gasteiger partial charge in [-0.05, 0) is 26.0 Å². The molecule has 80 valence electrons. The summed E-state index contributed by atoms with van der Waals surface area (Å²) in [5.41, 5.74) is 5.68. The maximum atomic E-state index is 5.74. The van der Waals surface area contributed by atoms with Gasteiger partial charge in [-0.1, -0.05) is 12.1 Å². The third-order valence-corrected chi connectivity index (χ3v) is 3.27. The maximum absolute atomic E-state index is 5.74. The molecule has 2 rings (SSSR count). The Hall–Kier alpha value is -1.06. The molecule has 3 heteroatoms. The van der Waals surface area contributed by atoms with Crippen LogP contribution >= 0.6 is 11.3 Å². The van der Waals surface area contributed by atoms with E-state index in [-0.39, 0.29) is 6.04 Å². The van der Waals surface area contributed by atoms with Crippen LogP contribution in [0, 0.1) is 6.92 Å². The first-order valence-electron chi connectivity index (χ1n) is 5.05. The van der Waals surface area contributed by atoms with Gasteiger partial charge in [-0.2, -0.15) is 0 Å². The van der Waals surface area contributed by atoms with Gasteiger partial charge in [0.05, 0.1) is 0 Å². The van der Waals surface area contributed by atoms with Gasteiger partial charge in [0.1, 0.15) is 12.4 Å². The van der Waals surface area contributed by atoms with E-state index in [0.717, 1.165) is 5.75 Å². The molecule has 15 heavy (non-hydrogen) atoms. The Morgan fingerprint density at radius 2 is 2.13 bits per heavy atom. The molecule has 0 amide bonds. The number of nitrogens with two attached hydrogens (primary N) is 1. The van der Waals surface area contributed by atoms with Crippen molar-refractivity contribution in [3.8, 4) is 5.75 Å². The van der Waals surface area contributed by atoms with Crippen molar-refractivity contribution in [3.63, 3.8) is 0 Å². The highest BCUT2D eigenvalue weighted by atomic mass is 32.1. The van der Waals surface area contributed by atoms with Gasteiger partial charge < -0.3 is 10.5 Å². The molecule has 1 heterocycles. The van der Waals surface area contributed by atoms with Gasteiger partial charge in [0.25, 0.3) is 0 Å². The highest BCUT2D eigenvalue weighted by Crippen LogP contribution is 2.36. The second-order valence-corrected chi connectivity index (χ2v) is 5.03. The quantitative estimate of drug-likeness (QED) is 0.865. The summed E-state index contributed by atoms with van der Waals surface area (Å²) in [6, 6.07) is 8.37. The molecular weight excluding hydrogens is 206 g/mol. The lowest BCUT2D eigenvalue weighted by atomic mass is 10.2. The molecule has 0 saturated heterocycles. The molecule has 0 radical (unpaired) electrons. The third kappa shape index (κ3) is 2.13. The summed E-state index contributed by atoms with van der Waals surface area (Å²) in [7, 11) is 0. The van der Waals surface area contributed by atoms with E-state index in [4.69, 9.17) is 10.5 Å². The van der Waals surface area contributed by atoms with Gasteiger partial charge in [0.2, 0.25) is 0 Å². The summed E-state index contributed by atoms with van der Waals surface area (Å²) < 4.78 is 7.01. The molecular formula is C12H15NOS. The van der Waals surface area contributed by atoms with E-state index in [1.165, 1.54) is 15.0 Å². The molecule has 0 aliphatic heterocycles. The summed E-state index contributed by atoms with van der Waals surface area (Å²) >= 11 is 1.76. The third-order valence-electron chi connectivity index (χ3n) is 2.21. The summed E-state index contributed by atoms with van der Waals surface area (Å²) in [6.07, 6.45) is 0. The highest BCUT2D eigenvalue weighted by Gasteiger charge is 2.09. The zero-order chi connectivity index (χ0) is 10.8. The van der Waals surface area contributed by atoms with E-state index in [9.17, 15) is 0 Å². The zero-order valence-corrected chi connectivity index (χ0v) is 9.80. The van der Waals surface area contributed by atoms with Crippen LogP contribution in [0.3, 0.4) is 0 Å². The van der Waals surface area contributed by atoms with Crippen molar-refractivity contribution in [1.82, 2.24) is 0 Å². The second kappa shape index (κ2) is 4.21. The average molecular weight is 221 g/mol. The fourth-order valence-corrected chi connectivity index (χ4v) is 2.55. The van der Waals surface area contributed by atoms with Gasteiger partial charge >= 0.3 is 0 Å². The minimum absolute atomic E-state index is 0.0723. The fraction of sp³-hybridized carbons (Fsp3) is 0.333. The summed E-state index contributed by atoms with van der Waals surface area (Å²) in [6.45, 7) is 4.60. The van der Waals surface area contributed by atoms with Crippen molar-refractivity contribution in [3.05, 3.63) is 29.1 Å². The van der Waals surface area contributed by atoms with Crippen LogP contribution in [0.15, 0.2) is 24.3 Å². The van der Waals surface area contributed by atoms with Gasteiger partial charge in [-0.25, -0.2) is 0 Å². The molecule has 0 spiro atoms. The van der Waals surface area contributed by atoms with Crippen LogP contribution in [-0.4, -0.2) is 12.6 Å². The average Bonchev–Trinajstić information content (AvgIpc) is 2.50. The van der Waals surface area contributed by atoms with E-state index >= 15 is 0 Å². The van der Waals surface area contributed by atoms with Crippen molar-refractivity contribution < 1.29 is 4.74 Å². The van der Waals surface area contributed by atoms with E-state index in [2.05, 4.69) is 19.1 Å². The maximum Gasteiger partial charge on any atom is 0.140 e. The summed E-state index contributed by atoms with van der Waals surface area (Å²) in [5.74, 6) is 0.993. The van der Waals surface area contributed by atoms with Crippen LogP contribution < -0.4 is 10.5 Å². The summed E-state index contributed by atoms with van der Waals surface area (Å²) in [4.78, 5) is 1.22. The molecule has 1 unspecified atom stereocenters. The molecule has 0 aliphatic carbocycles. The minimum Gasteiger partial charge on any atom is -0.490 e. The SMILES string of the molecule is Cc1sc2ccccc2c1OCC(C)N. The first kappa shape index (κ1) is 10.5. The van der Waals surface area contributed by atoms with Crippen molar-refractivity contribution in [2.45, 2.75) is 19.9 Å². The Balaban J connectivity index is 2.36. The van der Waals surface area contributed by atoms with Crippen molar-refractivity contribution in [2.75, 3.05) is 6.61 Å². The standard InChI is InChI=1S/C12H15NOS/c1-8(13)7-14-12-9(2)15-11-6-4-3-5-10(11)12/h3-6,8H,7,13H2,1-2H3. The normalized spacial score (nSPS) is 13.0. The number of benzene rings is 1. The van der Waals surface area contributed by atoms with Crippen molar-refractivity contribution >= 4 is 21.4 Å². The van der Waals surface area contributed by atoms with Crippen molar-refractivity contribution in [2.24, 2.45) is 5.73 Å². The Morgan fingerprint density at radius 3 is 2.87 bits per heavy atom. The van der Waals surface area contributed by atoms with Crippen LogP contribution in [-0.2, 0) is 0 Å². The van der Waals surface area contributed by atoms with Gasteiger partial charge in [0, 0.05) is 21.0 Å². The largest absolute Gasteiger partial charge is 0.490 e. The number of thiophene rings is 1. The Kier molecular flexibility index (Phi) is 2.93. The Labute approximate surface area is 93.7 Å². The van der Waals surface area contributed by atoms with Crippen molar-refractivity contribution in [1.29, 1.82) is 0 Å². The van der Waals surface area contributed by atoms with E-state index in [1.807, 2.05) is 19.1 Å². The molecule has 2 nitrogen and oxygen atoms in total. The molecule has 2 aromatic rings. The molecule has 1 aromatic heterocycles. The lowest BCUT2D eigenvalue weighted by Crippen LogP contribution is -2.23. The lowest BCUT2D eigenvalue weighted by molar-refractivity contribution is 0.299. The second-order valence-electron chi connectivity index (χ2n) is 3.77. The summed E-state index contributed by atoms with van der Waals surface area (Å²) in [5, 5.41) is 1.20. The minimum atomic E-state index is 0.0723. The van der Waals surface area contributed by atoms with E-state index in [0.29, 0.717) is 6.61 Å². The predicted molar refractivity (Wildman–Crippen MR) is 65.7 cm³/mol. The smallest absolute Gasteiger partial charge is 0.140 e. The van der Waals surface area contributed by atoms with Crippen LogP contribution in [0.1, 0.15) is 11.8 Å². The van der Waals surface area contributed by atoms with Crippen LogP contribution in [0.5, 0.6) is 5.75 Å². The number of ether oxygens (including phenoxy) is 1. The number of aryl methyl sites for hydroxylation is 1. The predicted octanol–water partition coefficient (Wildman–Crippen LogP) is 2.94. The molecule has 0 fully saturated rings. The molecule has 1 aromatic carbocycles. The van der Waals surface area contributed by atoms with Crippen LogP contribution in [0.4, 0.5) is 0 Å². The number of fused-ring (bicyclic) bond motifs is 1. The lowest BCUT2D eigenvalue weighted by Gasteiger charge is -2.08. The molecule has 1 atom stereocenters. The Morgan fingerprint density at radius 1 is 1.40 bits per heavy atom. The first-order valence-corrected chi connectivity index (χ1v) is 5.86. The fourth-order valence-electron chi connectivity index (χ4n) is 1.54. The molecule has 0 aliphatic rings. The number of rotatable bonds is 3. The highest BCUT2D eigenvalue weighted by molar-refractivity contribution is 7.19. The van der Waals surface area contributed by atoms with Crippen LogP contribution in [0.2, 0.25) is 0 Å². The van der Waals surface area contributed by atoms with Gasteiger partial charge in [-0.3, -0.25) is 0 Å². The monoisotopic (exact) mass is 221 g/mol. The van der Waals surface area contributed by atoms with Crippen LogP contribution in [0.25, 0.3) is 10.1 Å². The molecule has 0 bridgehead atoms. The number of hydrogen-bond donors (Lipinski definition) is 1. The van der Waals surface area contributed by atoms with E-state index in [1.54, 1.807) is 11.3 Å². The number of hydrogen-bond acceptors (Lipinski definition) is 3. The zero-order valence-electron chi connectivity index (χ0n) is 8.99. The molecule has 2 N–H and O–H groups in total. The Bertz CT molecular complexity index is 462. The van der Waals surface area contributed by atoms with E-state index < -0.39 is 0 Å². The van der Waals surface area contributed by atoms with Gasteiger partial charge in [-0.15, -0.1) is 11.3 Å². The van der Waals surface area contributed by atoms with Gasteiger partial charge in [0.15, 0.2) is 0 Å². The molecule has 0 saturated carbocycles.